The second-order valence-corrected chi connectivity index (χ2v) is 11.9. The third kappa shape index (κ3) is 4.98. The van der Waals surface area contributed by atoms with Crippen LogP contribution in [0.1, 0.15) is 60.5 Å². The van der Waals surface area contributed by atoms with Crippen LogP contribution in [0.15, 0.2) is 41.3 Å². The number of methoxy groups -OCH3 is 1. The van der Waals surface area contributed by atoms with Gasteiger partial charge in [-0.1, -0.05) is 19.1 Å². The van der Waals surface area contributed by atoms with Gasteiger partial charge in [0, 0.05) is 19.3 Å². The number of esters is 1. The second kappa shape index (κ2) is 10.4. The minimum atomic E-state index is -3.91. The van der Waals surface area contributed by atoms with Crippen molar-refractivity contribution in [1.82, 2.24) is 0 Å². The monoisotopic (exact) mass is 513 g/mol. The Hall–Kier alpha value is -2.58. The summed E-state index contributed by atoms with van der Waals surface area (Å²) in [6, 6.07) is 10.6. The van der Waals surface area contributed by atoms with Crippen LogP contribution in [-0.4, -0.2) is 47.4 Å². The van der Waals surface area contributed by atoms with Gasteiger partial charge in [-0.2, -0.15) is 0 Å². The van der Waals surface area contributed by atoms with Crippen LogP contribution in [-0.2, 0) is 32.3 Å². The minimum Gasteiger partial charge on any atom is -0.492 e. The highest BCUT2D eigenvalue weighted by atomic mass is 32.2. The number of carbonyl (C=O) groups excluding carboxylic acids is 1. The van der Waals surface area contributed by atoms with Crippen LogP contribution in [0.5, 0.6) is 5.75 Å². The summed E-state index contributed by atoms with van der Waals surface area (Å²) in [7, 11) is -2.62. The number of fused-ring (bicyclic) bond motifs is 1. The first-order valence-electron chi connectivity index (χ1n) is 13.0. The highest BCUT2D eigenvalue weighted by Crippen LogP contribution is 2.45. The van der Waals surface area contributed by atoms with E-state index in [2.05, 4.69) is 13.0 Å². The number of aryl methyl sites for hydroxylation is 2. The minimum absolute atomic E-state index is 0.0685. The number of anilines is 1. The van der Waals surface area contributed by atoms with Gasteiger partial charge in [-0.15, -0.1) is 0 Å². The van der Waals surface area contributed by atoms with Crippen molar-refractivity contribution in [2.45, 2.75) is 62.8 Å². The van der Waals surface area contributed by atoms with Crippen LogP contribution in [0.2, 0.25) is 0 Å². The zero-order chi connectivity index (χ0) is 25.3. The maximum atomic E-state index is 14.1. The van der Waals surface area contributed by atoms with Gasteiger partial charge in [0.05, 0.1) is 24.3 Å². The van der Waals surface area contributed by atoms with Gasteiger partial charge in [-0.25, -0.2) is 13.2 Å². The average molecular weight is 514 g/mol. The van der Waals surface area contributed by atoms with Gasteiger partial charge in [0.25, 0.3) is 10.0 Å². The third-order valence-corrected chi connectivity index (χ3v) is 9.53. The Morgan fingerprint density at radius 1 is 1.06 bits per heavy atom. The van der Waals surface area contributed by atoms with Crippen molar-refractivity contribution in [3.8, 4) is 5.75 Å². The topological polar surface area (TPSA) is 82.1 Å². The summed E-state index contributed by atoms with van der Waals surface area (Å²) in [6.45, 7) is 3.96. The lowest BCUT2D eigenvalue weighted by molar-refractivity contribution is 0.0483. The molecule has 36 heavy (non-hydrogen) atoms. The zero-order valence-electron chi connectivity index (χ0n) is 21.1. The van der Waals surface area contributed by atoms with Crippen LogP contribution >= 0.6 is 0 Å². The first-order valence-corrected chi connectivity index (χ1v) is 14.5. The molecule has 0 amide bonds. The molecule has 2 aliphatic heterocycles. The summed E-state index contributed by atoms with van der Waals surface area (Å²) < 4.78 is 46.3. The number of sulfonamides is 1. The molecule has 0 bridgehead atoms. The maximum absolute atomic E-state index is 14.1. The summed E-state index contributed by atoms with van der Waals surface area (Å²) in [5.74, 6) is 0.447. The Labute approximate surface area is 213 Å². The Balaban J connectivity index is 1.49. The summed E-state index contributed by atoms with van der Waals surface area (Å²) in [6.07, 6.45) is 6.48. The molecule has 0 N–H and O–H groups in total. The molecule has 1 saturated carbocycles. The van der Waals surface area contributed by atoms with E-state index in [4.69, 9.17) is 14.2 Å². The Bertz CT molecular complexity index is 1220. The summed E-state index contributed by atoms with van der Waals surface area (Å²) in [4.78, 5) is 12.7. The van der Waals surface area contributed by atoms with Gasteiger partial charge in [0.2, 0.25) is 0 Å². The first-order chi connectivity index (χ1) is 17.4. The molecule has 2 aromatic carbocycles. The third-order valence-electron chi connectivity index (χ3n) is 7.69. The molecule has 7 nitrogen and oxygen atoms in total. The Kier molecular flexibility index (Phi) is 7.26. The van der Waals surface area contributed by atoms with E-state index in [1.165, 1.54) is 18.7 Å². The van der Waals surface area contributed by atoms with E-state index in [1.54, 1.807) is 16.4 Å². The van der Waals surface area contributed by atoms with Crippen LogP contribution < -0.4 is 9.04 Å². The van der Waals surface area contributed by atoms with Crippen LogP contribution in [0.25, 0.3) is 0 Å². The average Bonchev–Trinajstić information content (AvgIpc) is 3.76. The fourth-order valence-electron chi connectivity index (χ4n) is 5.39. The zero-order valence-corrected chi connectivity index (χ0v) is 21.9. The molecule has 2 heterocycles. The van der Waals surface area contributed by atoms with Gasteiger partial charge in [-0.3, -0.25) is 4.31 Å². The number of rotatable bonds is 8. The lowest BCUT2D eigenvalue weighted by atomic mass is 9.93. The van der Waals surface area contributed by atoms with Gasteiger partial charge in [0.15, 0.2) is 0 Å². The molecule has 0 aromatic heterocycles. The van der Waals surface area contributed by atoms with Crippen molar-refractivity contribution in [3.63, 3.8) is 0 Å². The van der Waals surface area contributed by atoms with Crippen LogP contribution in [0, 0.1) is 11.8 Å². The SMILES string of the molecule is CCc1ccc2c(c1)CC[C@@H](C1CC1)N2S(=O)(=O)c1ccc(OCC2CCOCC2)c(C(=O)OC)c1. The van der Waals surface area contributed by atoms with E-state index < -0.39 is 16.0 Å². The smallest absolute Gasteiger partial charge is 0.341 e. The number of ether oxygens (including phenoxy) is 3. The molecule has 8 heteroatoms. The predicted octanol–water partition coefficient (Wildman–Crippen LogP) is 4.76. The number of hydrogen-bond donors (Lipinski definition) is 0. The van der Waals surface area contributed by atoms with Crippen molar-refractivity contribution >= 4 is 21.7 Å². The number of hydrogen-bond acceptors (Lipinski definition) is 6. The quantitative estimate of drug-likeness (QED) is 0.474. The van der Waals surface area contributed by atoms with Gasteiger partial charge in [0.1, 0.15) is 11.3 Å². The van der Waals surface area contributed by atoms with Gasteiger partial charge < -0.3 is 14.2 Å². The lowest BCUT2D eigenvalue weighted by Crippen LogP contribution is -2.45. The summed E-state index contributed by atoms with van der Waals surface area (Å²) >= 11 is 0. The summed E-state index contributed by atoms with van der Waals surface area (Å²) in [5, 5.41) is 0. The van der Waals surface area contributed by atoms with E-state index in [0.717, 1.165) is 56.2 Å². The molecule has 2 aromatic rings. The molecule has 3 aliphatic rings. The molecule has 5 rings (SSSR count). The molecule has 1 saturated heterocycles. The highest BCUT2D eigenvalue weighted by Gasteiger charge is 2.44. The van der Waals surface area contributed by atoms with Crippen molar-refractivity contribution < 1.29 is 27.4 Å². The van der Waals surface area contributed by atoms with Crippen molar-refractivity contribution in [3.05, 3.63) is 53.1 Å². The molecule has 2 fully saturated rings. The Morgan fingerprint density at radius 3 is 2.53 bits per heavy atom. The summed E-state index contributed by atoms with van der Waals surface area (Å²) in [5.41, 5.74) is 3.16. The lowest BCUT2D eigenvalue weighted by Gasteiger charge is -2.38. The molecular weight excluding hydrogens is 478 g/mol. The normalized spacial score (nSPS) is 20.6. The van der Waals surface area contributed by atoms with Crippen molar-refractivity contribution in [2.75, 3.05) is 31.2 Å². The van der Waals surface area contributed by atoms with E-state index in [-0.39, 0.29) is 16.5 Å². The largest absolute Gasteiger partial charge is 0.492 e. The van der Waals surface area contributed by atoms with Crippen molar-refractivity contribution in [1.29, 1.82) is 0 Å². The molecule has 0 spiro atoms. The second-order valence-electron chi connectivity index (χ2n) is 10.1. The first kappa shape index (κ1) is 25.1. The number of carbonyl (C=O) groups is 1. The van der Waals surface area contributed by atoms with E-state index >= 15 is 0 Å². The van der Waals surface area contributed by atoms with Gasteiger partial charge >= 0.3 is 5.97 Å². The Morgan fingerprint density at radius 2 is 1.83 bits per heavy atom. The van der Waals surface area contributed by atoms with Crippen molar-refractivity contribution in [2.24, 2.45) is 11.8 Å². The molecule has 0 radical (unpaired) electrons. The molecule has 1 atom stereocenters. The van der Waals surface area contributed by atoms with E-state index in [9.17, 15) is 13.2 Å². The predicted molar refractivity (Wildman–Crippen MR) is 137 cm³/mol. The van der Waals surface area contributed by atoms with Crippen LogP contribution in [0.3, 0.4) is 0 Å². The van der Waals surface area contributed by atoms with E-state index in [1.807, 2.05) is 12.1 Å². The number of benzene rings is 2. The standard InChI is InChI=1S/C28H35NO6S/c1-3-19-4-9-26-22(16-19)7-10-25(21-5-6-21)29(26)36(31,32)23-8-11-27(24(17-23)28(30)33-2)35-18-20-12-14-34-15-13-20/h4,8-9,11,16-17,20-21,25H,3,5-7,10,12-15,18H2,1-2H3/t25-/m0/s1. The highest BCUT2D eigenvalue weighted by molar-refractivity contribution is 7.92. The fraction of sp³-hybridized carbons (Fsp3) is 0.536. The maximum Gasteiger partial charge on any atom is 0.341 e. The fourth-order valence-corrected chi connectivity index (χ4v) is 7.19. The molecule has 1 aliphatic carbocycles. The molecule has 0 unspecified atom stereocenters. The van der Waals surface area contributed by atoms with Crippen LogP contribution in [0.4, 0.5) is 5.69 Å². The molecular formula is C28H35NO6S. The number of nitrogens with zero attached hydrogens (tertiary/aromatic N) is 1. The van der Waals surface area contributed by atoms with Gasteiger partial charge in [-0.05, 0) is 92.2 Å². The van der Waals surface area contributed by atoms with E-state index in [0.29, 0.717) is 37.4 Å². The molecule has 194 valence electrons.